The molecule has 1 aromatic carbocycles. The maximum Gasteiger partial charge on any atom is 0.407 e. The number of carbonyl (C=O) groups is 2. The van der Waals surface area contributed by atoms with Gasteiger partial charge in [-0.2, -0.15) is 0 Å². The van der Waals surface area contributed by atoms with E-state index < -0.39 is 12.1 Å². The van der Waals surface area contributed by atoms with Gasteiger partial charge in [-0.1, -0.05) is 13.8 Å². The van der Waals surface area contributed by atoms with Gasteiger partial charge in [0.1, 0.15) is 11.8 Å². The Hall–Kier alpha value is -2.44. The molecule has 26 heavy (non-hydrogen) atoms. The normalized spacial score (nSPS) is 15.6. The Morgan fingerprint density at radius 3 is 2.23 bits per heavy atom. The molecule has 1 atom stereocenters. The summed E-state index contributed by atoms with van der Waals surface area (Å²) < 4.78 is 10.1. The highest BCUT2D eigenvalue weighted by Crippen LogP contribution is 2.21. The third-order valence-corrected chi connectivity index (χ3v) is 4.51. The second-order valence-electron chi connectivity index (χ2n) is 6.60. The lowest BCUT2D eigenvalue weighted by Gasteiger charge is -2.38. The molecule has 0 bridgehead atoms. The lowest BCUT2D eigenvalue weighted by Crippen LogP contribution is -2.56. The smallest absolute Gasteiger partial charge is 0.407 e. The quantitative estimate of drug-likeness (QED) is 0.838. The second kappa shape index (κ2) is 9.31. The van der Waals surface area contributed by atoms with Crippen LogP contribution < -0.4 is 15.0 Å². The van der Waals surface area contributed by atoms with E-state index >= 15 is 0 Å². The van der Waals surface area contributed by atoms with Gasteiger partial charge in [0.15, 0.2) is 0 Å². The number of hydrogen-bond donors (Lipinski definition) is 1. The third-order valence-electron chi connectivity index (χ3n) is 4.51. The Morgan fingerprint density at radius 2 is 1.73 bits per heavy atom. The van der Waals surface area contributed by atoms with Crippen LogP contribution in [-0.4, -0.2) is 62.8 Å². The average molecular weight is 363 g/mol. The van der Waals surface area contributed by atoms with E-state index in [0.29, 0.717) is 13.1 Å². The molecular formula is C19H29N3O4. The minimum Gasteiger partial charge on any atom is -0.497 e. The Morgan fingerprint density at radius 1 is 1.12 bits per heavy atom. The van der Waals surface area contributed by atoms with Crippen LogP contribution in [0.2, 0.25) is 0 Å². The molecule has 1 aliphatic heterocycles. The summed E-state index contributed by atoms with van der Waals surface area (Å²) in [5.74, 6) is 0.765. The Kier molecular flexibility index (Phi) is 7.12. The summed E-state index contributed by atoms with van der Waals surface area (Å²) in [7, 11) is 1.65. The van der Waals surface area contributed by atoms with Crippen LogP contribution in [0.4, 0.5) is 10.5 Å². The van der Waals surface area contributed by atoms with E-state index in [4.69, 9.17) is 9.47 Å². The summed E-state index contributed by atoms with van der Waals surface area (Å²) in [5, 5.41) is 2.69. The standard InChI is InChI=1S/C19H29N3O4/c1-5-26-19(24)20-17(14(2)3)18(23)22-12-10-21(11-13-22)15-6-8-16(25-4)9-7-15/h6-9,14,17H,5,10-13H2,1-4H3,(H,20,24). The number of piperazine rings is 1. The van der Waals surface area contributed by atoms with Gasteiger partial charge in [-0.25, -0.2) is 4.79 Å². The number of rotatable bonds is 6. The van der Waals surface area contributed by atoms with E-state index in [1.54, 1.807) is 14.0 Å². The molecule has 7 nitrogen and oxygen atoms in total. The number of methoxy groups -OCH3 is 1. The maximum atomic E-state index is 12.8. The lowest BCUT2D eigenvalue weighted by atomic mass is 10.0. The van der Waals surface area contributed by atoms with Crippen LogP contribution in [0, 0.1) is 5.92 Å². The summed E-state index contributed by atoms with van der Waals surface area (Å²) in [4.78, 5) is 28.6. The summed E-state index contributed by atoms with van der Waals surface area (Å²) >= 11 is 0. The molecule has 1 unspecified atom stereocenters. The van der Waals surface area contributed by atoms with Gasteiger partial charge < -0.3 is 24.6 Å². The highest BCUT2D eigenvalue weighted by molar-refractivity contribution is 5.86. The monoisotopic (exact) mass is 363 g/mol. The molecule has 1 aromatic rings. The van der Waals surface area contributed by atoms with Crippen LogP contribution in [-0.2, 0) is 9.53 Å². The fourth-order valence-electron chi connectivity index (χ4n) is 2.99. The number of nitrogens with one attached hydrogen (secondary N) is 1. The van der Waals surface area contributed by atoms with Gasteiger partial charge in [-0.3, -0.25) is 4.79 Å². The molecular weight excluding hydrogens is 334 g/mol. The van der Waals surface area contributed by atoms with Gasteiger partial charge in [0.05, 0.1) is 13.7 Å². The van der Waals surface area contributed by atoms with E-state index in [9.17, 15) is 9.59 Å². The molecule has 0 aliphatic carbocycles. The molecule has 2 rings (SSSR count). The van der Waals surface area contributed by atoms with Crippen LogP contribution in [0.15, 0.2) is 24.3 Å². The Balaban J connectivity index is 1.93. The van der Waals surface area contributed by atoms with Crippen LogP contribution in [0.1, 0.15) is 20.8 Å². The van der Waals surface area contributed by atoms with Crippen LogP contribution in [0.5, 0.6) is 5.75 Å². The third kappa shape index (κ3) is 5.03. The van der Waals surface area contributed by atoms with Gasteiger partial charge in [0.25, 0.3) is 0 Å². The van der Waals surface area contributed by atoms with E-state index in [1.165, 1.54) is 0 Å². The summed E-state index contributed by atoms with van der Waals surface area (Å²) in [6, 6.07) is 7.35. The number of alkyl carbamates (subject to hydrolysis) is 1. The molecule has 1 N–H and O–H groups in total. The van der Waals surface area contributed by atoms with Crippen molar-refractivity contribution >= 4 is 17.7 Å². The predicted octanol–water partition coefficient (Wildman–Crippen LogP) is 2.11. The second-order valence-corrected chi connectivity index (χ2v) is 6.60. The minimum atomic E-state index is -0.568. The first-order valence-corrected chi connectivity index (χ1v) is 9.07. The molecule has 1 saturated heterocycles. The van der Waals surface area contributed by atoms with Gasteiger partial charge in [0.2, 0.25) is 5.91 Å². The molecule has 2 amide bonds. The molecule has 0 spiro atoms. The summed E-state index contributed by atoms with van der Waals surface area (Å²) in [5.41, 5.74) is 1.11. The van der Waals surface area contributed by atoms with Gasteiger partial charge in [-0.05, 0) is 37.1 Å². The number of amides is 2. The van der Waals surface area contributed by atoms with Crippen molar-refractivity contribution in [3.63, 3.8) is 0 Å². The van der Waals surface area contributed by atoms with Crippen molar-refractivity contribution in [1.29, 1.82) is 0 Å². The highest BCUT2D eigenvalue weighted by Gasteiger charge is 2.31. The van der Waals surface area contributed by atoms with Gasteiger partial charge in [0, 0.05) is 31.9 Å². The maximum absolute atomic E-state index is 12.8. The molecule has 0 radical (unpaired) electrons. The predicted molar refractivity (Wildman–Crippen MR) is 101 cm³/mol. The highest BCUT2D eigenvalue weighted by atomic mass is 16.5. The number of nitrogens with zero attached hydrogens (tertiary/aromatic N) is 2. The SMILES string of the molecule is CCOC(=O)NC(C(=O)N1CCN(c2ccc(OC)cc2)CC1)C(C)C. The van der Waals surface area contributed by atoms with E-state index in [2.05, 4.69) is 10.2 Å². The Bertz CT molecular complexity index is 595. The van der Waals surface area contributed by atoms with Crippen molar-refractivity contribution in [3.05, 3.63) is 24.3 Å². The van der Waals surface area contributed by atoms with Gasteiger partial charge in [-0.15, -0.1) is 0 Å². The van der Waals surface area contributed by atoms with Crippen LogP contribution in [0.25, 0.3) is 0 Å². The summed E-state index contributed by atoms with van der Waals surface area (Å²) in [6.07, 6.45) is -0.545. The fraction of sp³-hybridized carbons (Fsp3) is 0.579. The molecule has 0 saturated carbocycles. The number of anilines is 1. The summed E-state index contributed by atoms with van der Waals surface area (Å²) in [6.45, 7) is 8.61. The average Bonchev–Trinajstić information content (AvgIpc) is 2.66. The zero-order valence-electron chi connectivity index (χ0n) is 16.0. The fourth-order valence-corrected chi connectivity index (χ4v) is 2.99. The topological polar surface area (TPSA) is 71.1 Å². The molecule has 144 valence electrons. The minimum absolute atomic E-state index is 0.00785. The van der Waals surface area contributed by atoms with Crippen LogP contribution >= 0.6 is 0 Å². The molecule has 1 aliphatic rings. The van der Waals surface area contributed by atoms with Gasteiger partial charge >= 0.3 is 6.09 Å². The zero-order valence-corrected chi connectivity index (χ0v) is 16.0. The number of carbonyl (C=O) groups excluding carboxylic acids is 2. The number of hydrogen-bond acceptors (Lipinski definition) is 5. The first-order chi connectivity index (χ1) is 12.5. The molecule has 7 heteroatoms. The number of ether oxygens (including phenoxy) is 2. The molecule has 0 aromatic heterocycles. The van der Waals surface area contributed by atoms with Crippen molar-refractivity contribution in [2.45, 2.75) is 26.8 Å². The Labute approximate surface area is 155 Å². The van der Waals surface area contributed by atoms with E-state index in [-0.39, 0.29) is 18.4 Å². The van der Waals surface area contributed by atoms with Crippen molar-refractivity contribution in [2.24, 2.45) is 5.92 Å². The van der Waals surface area contributed by atoms with E-state index in [0.717, 1.165) is 24.5 Å². The molecule has 1 heterocycles. The molecule has 1 fully saturated rings. The first kappa shape index (κ1) is 19.9. The van der Waals surface area contributed by atoms with Crippen molar-refractivity contribution in [2.75, 3.05) is 44.8 Å². The largest absolute Gasteiger partial charge is 0.497 e. The zero-order chi connectivity index (χ0) is 19.1. The number of benzene rings is 1. The van der Waals surface area contributed by atoms with E-state index in [1.807, 2.05) is 43.0 Å². The van der Waals surface area contributed by atoms with Crippen LogP contribution in [0.3, 0.4) is 0 Å². The van der Waals surface area contributed by atoms with Crippen molar-refractivity contribution < 1.29 is 19.1 Å². The first-order valence-electron chi connectivity index (χ1n) is 9.07. The van der Waals surface area contributed by atoms with Crippen molar-refractivity contribution in [1.82, 2.24) is 10.2 Å². The van der Waals surface area contributed by atoms with Crippen molar-refractivity contribution in [3.8, 4) is 5.75 Å². The lowest BCUT2D eigenvalue weighted by molar-refractivity contribution is -0.134.